The van der Waals surface area contributed by atoms with Crippen molar-refractivity contribution in [2.24, 2.45) is 11.5 Å². The Morgan fingerprint density at radius 2 is 1.90 bits per heavy atom. The first-order valence-corrected chi connectivity index (χ1v) is 3.78. The summed E-state index contributed by atoms with van der Waals surface area (Å²) in [7, 11) is 1.72. The van der Waals surface area contributed by atoms with E-state index in [4.69, 9.17) is 16.2 Å². The number of rotatable bonds is 6. The highest BCUT2D eigenvalue weighted by atomic mass is 16.5. The molecule has 0 saturated heterocycles. The second-order valence-corrected chi connectivity index (χ2v) is 2.37. The molecule has 0 aromatic rings. The van der Waals surface area contributed by atoms with Gasteiger partial charge in [-0.25, -0.2) is 0 Å². The fourth-order valence-electron chi connectivity index (χ4n) is 0.911. The molecule has 0 saturated carbocycles. The van der Waals surface area contributed by atoms with Crippen molar-refractivity contribution in [3.05, 3.63) is 0 Å². The van der Waals surface area contributed by atoms with Gasteiger partial charge in [-0.05, 0) is 32.4 Å². The number of hydrogen-bond donors (Lipinski definition) is 2. The lowest BCUT2D eigenvalue weighted by molar-refractivity contribution is 0.0888. The lowest BCUT2D eigenvalue weighted by Crippen LogP contribution is -2.17. The SMILES string of the molecule is COC(CCN)CCCN. The van der Waals surface area contributed by atoms with Gasteiger partial charge in [-0.2, -0.15) is 0 Å². The number of nitrogens with two attached hydrogens (primary N) is 2. The van der Waals surface area contributed by atoms with E-state index in [0.717, 1.165) is 25.8 Å². The van der Waals surface area contributed by atoms with Crippen LogP contribution in [0.15, 0.2) is 0 Å². The van der Waals surface area contributed by atoms with Gasteiger partial charge in [-0.15, -0.1) is 0 Å². The van der Waals surface area contributed by atoms with Crippen LogP contribution in [0.2, 0.25) is 0 Å². The maximum atomic E-state index is 5.37. The third-order valence-corrected chi connectivity index (χ3v) is 1.55. The maximum absolute atomic E-state index is 5.37. The van der Waals surface area contributed by atoms with E-state index in [2.05, 4.69) is 0 Å². The molecule has 0 spiro atoms. The van der Waals surface area contributed by atoms with Crippen molar-refractivity contribution in [2.75, 3.05) is 20.2 Å². The van der Waals surface area contributed by atoms with Crippen LogP contribution in [0.5, 0.6) is 0 Å². The van der Waals surface area contributed by atoms with Crippen LogP contribution in [-0.2, 0) is 4.74 Å². The Bertz CT molecular complexity index is 68.6. The van der Waals surface area contributed by atoms with Gasteiger partial charge in [0.25, 0.3) is 0 Å². The fourth-order valence-corrected chi connectivity index (χ4v) is 0.911. The van der Waals surface area contributed by atoms with Crippen LogP contribution >= 0.6 is 0 Å². The maximum Gasteiger partial charge on any atom is 0.0583 e. The van der Waals surface area contributed by atoms with Crippen molar-refractivity contribution >= 4 is 0 Å². The van der Waals surface area contributed by atoms with Crippen LogP contribution < -0.4 is 11.5 Å². The van der Waals surface area contributed by atoms with Crippen LogP contribution in [0.3, 0.4) is 0 Å². The van der Waals surface area contributed by atoms with Crippen LogP contribution in [0.4, 0.5) is 0 Å². The molecule has 0 radical (unpaired) electrons. The Labute approximate surface area is 62.7 Å². The third kappa shape index (κ3) is 4.73. The van der Waals surface area contributed by atoms with Crippen LogP contribution in [0, 0.1) is 0 Å². The Kier molecular flexibility index (Phi) is 6.91. The van der Waals surface area contributed by atoms with E-state index >= 15 is 0 Å². The van der Waals surface area contributed by atoms with Crippen molar-refractivity contribution < 1.29 is 4.74 Å². The molecular weight excluding hydrogens is 128 g/mol. The summed E-state index contributed by atoms with van der Waals surface area (Å²) in [6, 6.07) is 0. The Hall–Kier alpha value is -0.120. The average molecular weight is 146 g/mol. The minimum absolute atomic E-state index is 0.313. The summed E-state index contributed by atoms with van der Waals surface area (Å²) in [4.78, 5) is 0. The molecule has 0 aliphatic heterocycles. The predicted molar refractivity (Wildman–Crippen MR) is 42.8 cm³/mol. The molecule has 0 heterocycles. The topological polar surface area (TPSA) is 61.3 Å². The Balaban J connectivity index is 3.21. The summed E-state index contributed by atoms with van der Waals surface area (Å²) in [6.07, 6.45) is 3.31. The number of hydrogen-bond acceptors (Lipinski definition) is 3. The molecule has 0 aliphatic rings. The highest BCUT2D eigenvalue weighted by molar-refractivity contribution is 4.58. The average Bonchev–Trinajstić information content (AvgIpc) is 1.98. The lowest BCUT2D eigenvalue weighted by atomic mass is 10.1. The summed E-state index contributed by atoms with van der Waals surface area (Å²) in [6.45, 7) is 1.44. The van der Waals surface area contributed by atoms with Crippen LogP contribution in [0.25, 0.3) is 0 Å². The van der Waals surface area contributed by atoms with Gasteiger partial charge in [0.1, 0.15) is 0 Å². The molecule has 0 aliphatic carbocycles. The van der Waals surface area contributed by atoms with Gasteiger partial charge in [-0.3, -0.25) is 0 Å². The van der Waals surface area contributed by atoms with Gasteiger partial charge >= 0.3 is 0 Å². The molecule has 62 valence electrons. The van der Waals surface area contributed by atoms with Gasteiger partial charge in [0.2, 0.25) is 0 Å². The molecule has 0 rings (SSSR count). The zero-order chi connectivity index (χ0) is 7.82. The molecule has 3 heteroatoms. The summed E-state index contributed by atoms with van der Waals surface area (Å²) < 4.78 is 5.16. The van der Waals surface area contributed by atoms with Gasteiger partial charge in [0, 0.05) is 7.11 Å². The first-order valence-electron chi connectivity index (χ1n) is 3.78. The van der Waals surface area contributed by atoms with Gasteiger partial charge in [0.15, 0.2) is 0 Å². The molecule has 0 aromatic carbocycles. The van der Waals surface area contributed by atoms with E-state index < -0.39 is 0 Å². The molecule has 0 bridgehead atoms. The monoisotopic (exact) mass is 146 g/mol. The molecule has 3 nitrogen and oxygen atoms in total. The summed E-state index contributed by atoms with van der Waals surface area (Å²) >= 11 is 0. The van der Waals surface area contributed by atoms with Crippen molar-refractivity contribution in [1.82, 2.24) is 0 Å². The Morgan fingerprint density at radius 3 is 2.30 bits per heavy atom. The van der Waals surface area contributed by atoms with E-state index in [0.29, 0.717) is 12.6 Å². The standard InChI is InChI=1S/C7H18N2O/c1-10-7(4-6-9)3-2-5-8/h7H,2-6,8-9H2,1H3. The molecule has 0 aromatic heterocycles. The molecular formula is C7H18N2O. The van der Waals surface area contributed by atoms with Crippen LogP contribution in [0.1, 0.15) is 19.3 Å². The van der Waals surface area contributed by atoms with Crippen molar-refractivity contribution in [3.8, 4) is 0 Å². The Morgan fingerprint density at radius 1 is 1.20 bits per heavy atom. The normalized spacial score (nSPS) is 13.5. The van der Waals surface area contributed by atoms with E-state index in [1.807, 2.05) is 0 Å². The molecule has 10 heavy (non-hydrogen) atoms. The zero-order valence-electron chi connectivity index (χ0n) is 6.68. The lowest BCUT2D eigenvalue weighted by Gasteiger charge is -2.12. The predicted octanol–water partition coefficient (Wildman–Crippen LogP) is 0.0891. The fraction of sp³-hybridized carbons (Fsp3) is 1.00. The molecule has 0 amide bonds. The number of methoxy groups -OCH3 is 1. The zero-order valence-corrected chi connectivity index (χ0v) is 6.68. The smallest absolute Gasteiger partial charge is 0.0583 e. The summed E-state index contributed by atoms with van der Waals surface area (Å²) in [5.74, 6) is 0. The minimum Gasteiger partial charge on any atom is -0.381 e. The van der Waals surface area contributed by atoms with Gasteiger partial charge in [0.05, 0.1) is 6.10 Å². The highest BCUT2D eigenvalue weighted by Crippen LogP contribution is 2.03. The van der Waals surface area contributed by atoms with Crippen LogP contribution in [-0.4, -0.2) is 26.3 Å². The quantitative estimate of drug-likeness (QED) is 0.558. The third-order valence-electron chi connectivity index (χ3n) is 1.55. The van der Waals surface area contributed by atoms with E-state index in [1.54, 1.807) is 7.11 Å². The molecule has 1 unspecified atom stereocenters. The van der Waals surface area contributed by atoms with Gasteiger partial charge in [-0.1, -0.05) is 0 Å². The summed E-state index contributed by atoms with van der Waals surface area (Å²) in [5, 5.41) is 0. The molecule has 1 atom stereocenters. The molecule has 4 N–H and O–H groups in total. The van der Waals surface area contributed by atoms with Crippen molar-refractivity contribution in [1.29, 1.82) is 0 Å². The summed E-state index contributed by atoms with van der Waals surface area (Å²) in [5.41, 5.74) is 10.7. The first-order chi connectivity index (χ1) is 4.85. The second-order valence-electron chi connectivity index (χ2n) is 2.37. The van der Waals surface area contributed by atoms with Gasteiger partial charge < -0.3 is 16.2 Å². The highest BCUT2D eigenvalue weighted by Gasteiger charge is 2.03. The van der Waals surface area contributed by atoms with E-state index in [1.165, 1.54) is 0 Å². The number of ether oxygens (including phenoxy) is 1. The van der Waals surface area contributed by atoms with E-state index in [-0.39, 0.29) is 0 Å². The minimum atomic E-state index is 0.313. The first kappa shape index (κ1) is 9.88. The van der Waals surface area contributed by atoms with Crippen molar-refractivity contribution in [2.45, 2.75) is 25.4 Å². The second kappa shape index (κ2) is 6.99. The van der Waals surface area contributed by atoms with E-state index in [9.17, 15) is 0 Å². The van der Waals surface area contributed by atoms with Crippen molar-refractivity contribution in [3.63, 3.8) is 0 Å². The molecule has 0 fully saturated rings. The largest absolute Gasteiger partial charge is 0.381 e.